The lowest BCUT2D eigenvalue weighted by molar-refractivity contribution is 0.0000889. The lowest BCUT2D eigenvalue weighted by atomic mass is 9.65. The average molecular weight is 339 g/mol. The van der Waals surface area contributed by atoms with Crippen LogP contribution < -0.4 is 5.32 Å². The molecule has 1 N–H and O–H groups in total. The highest BCUT2D eigenvalue weighted by molar-refractivity contribution is 5.67. The molecule has 1 spiro atoms. The number of carbonyl (C=O) groups is 1. The fraction of sp³-hybridized carbons (Fsp3) is 0.450. The smallest absolute Gasteiger partial charge is 0.410 e. The van der Waals surface area contributed by atoms with Crippen LogP contribution in [0.25, 0.3) is 0 Å². The molecule has 25 heavy (non-hydrogen) atoms. The van der Waals surface area contributed by atoms with E-state index < -0.39 is 0 Å². The van der Waals surface area contributed by atoms with Crippen LogP contribution in [-0.2, 0) is 18.4 Å². The number of rotatable bonds is 3. The van der Waals surface area contributed by atoms with Gasteiger partial charge in [0.2, 0.25) is 0 Å². The molecule has 2 aliphatic heterocycles. The summed E-state index contributed by atoms with van der Waals surface area (Å²) in [6, 6.07) is 12.4. The van der Waals surface area contributed by atoms with Crippen molar-refractivity contribution in [2.45, 2.75) is 25.5 Å². The van der Waals surface area contributed by atoms with Crippen LogP contribution in [0.15, 0.2) is 48.8 Å². The van der Waals surface area contributed by atoms with Crippen LogP contribution >= 0.6 is 0 Å². The van der Waals surface area contributed by atoms with E-state index in [4.69, 9.17) is 4.74 Å². The number of nitrogens with zero attached hydrogens (tertiary/aromatic N) is 2. The molecule has 0 saturated carbocycles. The molecule has 2 fully saturated rings. The topological polar surface area (TPSA) is 46.5 Å². The summed E-state index contributed by atoms with van der Waals surface area (Å²) in [5.74, 6) is 0. The summed E-state index contributed by atoms with van der Waals surface area (Å²) in [7, 11) is 2.06. The summed E-state index contributed by atoms with van der Waals surface area (Å²) in [4.78, 5) is 14.2. The highest BCUT2D eigenvalue weighted by Gasteiger charge is 2.49. The Morgan fingerprint density at radius 2 is 2.00 bits per heavy atom. The van der Waals surface area contributed by atoms with Crippen LogP contribution in [0.2, 0.25) is 0 Å². The molecule has 0 bridgehead atoms. The molecule has 1 aromatic carbocycles. The second kappa shape index (κ2) is 6.56. The van der Waals surface area contributed by atoms with Gasteiger partial charge in [-0.3, -0.25) is 0 Å². The van der Waals surface area contributed by atoms with E-state index in [0.29, 0.717) is 12.6 Å². The van der Waals surface area contributed by atoms with Gasteiger partial charge in [0.1, 0.15) is 6.61 Å². The molecule has 1 aromatic heterocycles. The molecule has 132 valence electrons. The minimum atomic E-state index is -0.192. The molecule has 4 rings (SSSR count). The monoisotopic (exact) mass is 339 g/mol. The van der Waals surface area contributed by atoms with E-state index in [2.05, 4.69) is 35.4 Å². The van der Waals surface area contributed by atoms with E-state index in [0.717, 1.165) is 38.0 Å². The Morgan fingerprint density at radius 3 is 2.60 bits per heavy atom. The van der Waals surface area contributed by atoms with Crippen molar-refractivity contribution in [3.05, 3.63) is 59.9 Å². The maximum absolute atomic E-state index is 12.3. The number of carbonyl (C=O) groups excluding carboxylic acids is 1. The zero-order chi connectivity index (χ0) is 17.3. The van der Waals surface area contributed by atoms with E-state index in [-0.39, 0.29) is 11.5 Å². The third-order valence-corrected chi connectivity index (χ3v) is 5.68. The SMILES string of the molecule is Cn1ccc(C2NCC23CCN(C(=O)OCc2ccccc2)CC3)c1. The van der Waals surface area contributed by atoms with Gasteiger partial charge in [0, 0.05) is 50.5 Å². The molecule has 1 atom stereocenters. The maximum Gasteiger partial charge on any atom is 0.410 e. The Balaban J connectivity index is 1.31. The van der Waals surface area contributed by atoms with Gasteiger partial charge in [0.15, 0.2) is 0 Å². The predicted molar refractivity (Wildman–Crippen MR) is 96.0 cm³/mol. The molecule has 1 unspecified atom stereocenters. The fourth-order valence-electron chi connectivity index (χ4n) is 4.07. The summed E-state index contributed by atoms with van der Waals surface area (Å²) in [5.41, 5.74) is 2.67. The Labute approximate surface area is 148 Å². The normalized spacial score (nSPS) is 21.8. The molecule has 5 heteroatoms. The summed E-state index contributed by atoms with van der Waals surface area (Å²) >= 11 is 0. The molecule has 3 heterocycles. The van der Waals surface area contributed by atoms with Gasteiger partial charge in [-0.25, -0.2) is 4.79 Å². The molecule has 2 saturated heterocycles. The van der Waals surface area contributed by atoms with Gasteiger partial charge in [-0.1, -0.05) is 30.3 Å². The van der Waals surface area contributed by atoms with Crippen molar-refractivity contribution in [2.75, 3.05) is 19.6 Å². The van der Waals surface area contributed by atoms with Crippen LogP contribution in [0.1, 0.15) is 30.0 Å². The summed E-state index contributed by atoms with van der Waals surface area (Å²) in [5, 5.41) is 3.58. The molecule has 0 radical (unpaired) electrons. The zero-order valence-corrected chi connectivity index (χ0v) is 14.6. The van der Waals surface area contributed by atoms with E-state index in [1.807, 2.05) is 35.2 Å². The number of hydrogen-bond donors (Lipinski definition) is 1. The number of ether oxygens (including phenoxy) is 1. The number of aryl methyl sites for hydroxylation is 1. The number of nitrogens with one attached hydrogen (secondary N) is 1. The Morgan fingerprint density at radius 1 is 1.24 bits per heavy atom. The van der Waals surface area contributed by atoms with E-state index in [1.54, 1.807) is 0 Å². The first-order chi connectivity index (χ1) is 12.2. The second-order valence-electron chi connectivity index (χ2n) is 7.31. The lowest BCUT2D eigenvalue weighted by Gasteiger charge is -2.54. The van der Waals surface area contributed by atoms with Crippen LogP contribution in [0.5, 0.6) is 0 Å². The standard InChI is InChI=1S/C20H25N3O2/c1-22-10-7-17(13-22)18-20(15-21-18)8-11-23(12-9-20)19(24)25-14-16-5-3-2-4-6-16/h2-7,10,13,18,21H,8-9,11-12,14-15H2,1H3. The first-order valence-electron chi connectivity index (χ1n) is 8.97. The molecular weight excluding hydrogens is 314 g/mol. The van der Waals surface area contributed by atoms with Crippen molar-refractivity contribution in [1.82, 2.24) is 14.8 Å². The van der Waals surface area contributed by atoms with Crippen molar-refractivity contribution < 1.29 is 9.53 Å². The van der Waals surface area contributed by atoms with Gasteiger partial charge in [-0.15, -0.1) is 0 Å². The number of likely N-dealkylation sites (tertiary alicyclic amines) is 1. The maximum atomic E-state index is 12.3. The van der Waals surface area contributed by atoms with Crippen LogP contribution in [0.3, 0.4) is 0 Å². The van der Waals surface area contributed by atoms with Crippen LogP contribution in [0.4, 0.5) is 4.79 Å². The number of piperidine rings is 1. The largest absolute Gasteiger partial charge is 0.445 e. The Hall–Kier alpha value is -2.27. The van der Waals surface area contributed by atoms with Crippen molar-refractivity contribution in [1.29, 1.82) is 0 Å². The predicted octanol–water partition coefficient (Wildman–Crippen LogP) is 3.09. The van der Waals surface area contributed by atoms with Gasteiger partial charge in [-0.05, 0) is 30.0 Å². The van der Waals surface area contributed by atoms with E-state index >= 15 is 0 Å². The van der Waals surface area contributed by atoms with E-state index in [9.17, 15) is 4.79 Å². The number of hydrogen-bond acceptors (Lipinski definition) is 3. The minimum Gasteiger partial charge on any atom is -0.445 e. The summed E-state index contributed by atoms with van der Waals surface area (Å²) < 4.78 is 7.57. The molecule has 5 nitrogen and oxygen atoms in total. The number of amides is 1. The first-order valence-corrected chi connectivity index (χ1v) is 8.97. The highest BCUT2D eigenvalue weighted by atomic mass is 16.6. The number of aromatic nitrogens is 1. The van der Waals surface area contributed by atoms with Gasteiger partial charge in [0.25, 0.3) is 0 Å². The lowest BCUT2D eigenvalue weighted by Crippen LogP contribution is -2.60. The number of benzene rings is 1. The summed E-state index contributed by atoms with van der Waals surface area (Å²) in [6.45, 7) is 2.94. The fourth-order valence-corrected chi connectivity index (χ4v) is 4.07. The van der Waals surface area contributed by atoms with Crippen LogP contribution in [0, 0.1) is 5.41 Å². The third-order valence-electron chi connectivity index (χ3n) is 5.68. The van der Waals surface area contributed by atoms with Gasteiger partial charge in [-0.2, -0.15) is 0 Å². The van der Waals surface area contributed by atoms with Crippen LogP contribution in [-0.4, -0.2) is 35.2 Å². The highest BCUT2D eigenvalue weighted by Crippen LogP contribution is 2.48. The molecule has 2 aliphatic rings. The minimum absolute atomic E-state index is 0.192. The van der Waals surface area contributed by atoms with Gasteiger partial charge >= 0.3 is 6.09 Å². The molecule has 2 aromatic rings. The van der Waals surface area contributed by atoms with Crippen molar-refractivity contribution in [3.63, 3.8) is 0 Å². The Kier molecular flexibility index (Phi) is 4.25. The molecular formula is C20H25N3O2. The van der Waals surface area contributed by atoms with E-state index in [1.165, 1.54) is 5.56 Å². The molecule has 1 amide bonds. The quantitative estimate of drug-likeness (QED) is 0.935. The first kappa shape index (κ1) is 16.2. The summed E-state index contributed by atoms with van der Waals surface area (Å²) in [6.07, 6.45) is 6.15. The average Bonchev–Trinajstić information content (AvgIpc) is 3.05. The van der Waals surface area contributed by atoms with Crippen molar-refractivity contribution in [3.8, 4) is 0 Å². The molecule has 0 aliphatic carbocycles. The Bertz CT molecular complexity index is 732. The van der Waals surface area contributed by atoms with Gasteiger partial charge < -0.3 is 19.5 Å². The van der Waals surface area contributed by atoms with Crippen molar-refractivity contribution >= 4 is 6.09 Å². The van der Waals surface area contributed by atoms with Crippen molar-refractivity contribution in [2.24, 2.45) is 12.5 Å². The zero-order valence-electron chi connectivity index (χ0n) is 14.6. The second-order valence-corrected chi connectivity index (χ2v) is 7.31. The third kappa shape index (κ3) is 3.16. The van der Waals surface area contributed by atoms with Gasteiger partial charge in [0.05, 0.1) is 0 Å².